The van der Waals surface area contributed by atoms with Crippen LogP contribution in [0.2, 0.25) is 0 Å². The van der Waals surface area contributed by atoms with Gasteiger partial charge in [-0.2, -0.15) is 22.1 Å². The molecular weight excluding hydrogens is 328 g/mol. The van der Waals surface area contributed by atoms with Gasteiger partial charge in [0.1, 0.15) is 4.90 Å². The van der Waals surface area contributed by atoms with Crippen LogP contribution in [0.4, 0.5) is 0 Å². The maximum Gasteiger partial charge on any atom is 0.281 e. The molecule has 0 spiro atoms. The summed E-state index contributed by atoms with van der Waals surface area (Å²) >= 11 is 0. The monoisotopic (exact) mass is 350 g/mol. The lowest BCUT2D eigenvalue weighted by molar-refractivity contribution is 0.377. The Kier molecular flexibility index (Phi) is 4.95. The second-order valence-electron chi connectivity index (χ2n) is 5.36. The number of hydrogen-bond acceptors (Lipinski definition) is 5. The van der Waals surface area contributed by atoms with Gasteiger partial charge in [0.25, 0.3) is 10.2 Å². The minimum Gasteiger partial charge on any atom is -0.281 e. The summed E-state index contributed by atoms with van der Waals surface area (Å²) in [5.74, 6) is -0.183. The molecule has 0 aliphatic carbocycles. The smallest absolute Gasteiger partial charge is 0.281 e. The van der Waals surface area contributed by atoms with Crippen molar-refractivity contribution in [1.29, 1.82) is 0 Å². The first-order chi connectivity index (χ1) is 10.2. The average molecular weight is 350 g/mol. The number of aromatic amines is 1. The van der Waals surface area contributed by atoms with E-state index < -0.39 is 20.0 Å². The molecule has 0 unspecified atom stereocenters. The van der Waals surface area contributed by atoms with Crippen LogP contribution >= 0.6 is 0 Å². The van der Waals surface area contributed by atoms with Crippen LogP contribution in [-0.2, 0) is 20.0 Å². The molecule has 8 nitrogen and oxygen atoms in total. The zero-order valence-electron chi connectivity index (χ0n) is 13.0. The van der Waals surface area contributed by atoms with Gasteiger partial charge in [0.2, 0.25) is 0 Å². The second-order valence-corrected chi connectivity index (χ2v) is 9.27. The van der Waals surface area contributed by atoms with Gasteiger partial charge in [0.05, 0.1) is 11.9 Å². The van der Waals surface area contributed by atoms with Gasteiger partial charge in [-0.15, -0.1) is 0 Å². The summed E-state index contributed by atoms with van der Waals surface area (Å²) in [6, 6.07) is 0. The quantitative estimate of drug-likeness (QED) is 0.789. The highest BCUT2D eigenvalue weighted by molar-refractivity contribution is 7.90. The number of rotatable bonds is 6. The van der Waals surface area contributed by atoms with Crippen molar-refractivity contribution in [2.75, 3.05) is 32.4 Å². The van der Waals surface area contributed by atoms with Crippen LogP contribution in [-0.4, -0.2) is 68.1 Å². The normalized spacial score (nSPS) is 20.8. The minimum atomic E-state index is -3.49. The van der Waals surface area contributed by atoms with Crippen molar-refractivity contribution in [3.63, 3.8) is 0 Å². The Morgan fingerprint density at radius 3 is 2.50 bits per heavy atom. The summed E-state index contributed by atoms with van der Waals surface area (Å²) in [5, 5.41) is 6.52. The summed E-state index contributed by atoms with van der Waals surface area (Å²) in [6.45, 7) is 5.07. The van der Waals surface area contributed by atoms with Gasteiger partial charge in [-0.3, -0.25) is 5.10 Å². The fourth-order valence-electron chi connectivity index (χ4n) is 2.76. The molecule has 126 valence electrons. The molecule has 0 aromatic carbocycles. The number of nitrogens with one attached hydrogen (secondary N) is 1. The third-order valence-electron chi connectivity index (χ3n) is 3.95. The Morgan fingerprint density at radius 1 is 1.32 bits per heavy atom. The van der Waals surface area contributed by atoms with E-state index in [-0.39, 0.29) is 17.4 Å². The highest BCUT2D eigenvalue weighted by Crippen LogP contribution is 2.32. The predicted molar refractivity (Wildman–Crippen MR) is 82.5 cm³/mol. The first-order valence-electron chi connectivity index (χ1n) is 7.20. The molecule has 10 heteroatoms. The van der Waals surface area contributed by atoms with Crippen molar-refractivity contribution in [3.8, 4) is 0 Å². The Morgan fingerprint density at radius 2 is 1.95 bits per heavy atom. The van der Waals surface area contributed by atoms with Crippen LogP contribution < -0.4 is 0 Å². The predicted octanol–water partition coefficient (Wildman–Crippen LogP) is 0.189. The van der Waals surface area contributed by atoms with Crippen molar-refractivity contribution in [3.05, 3.63) is 11.9 Å². The van der Waals surface area contributed by atoms with Gasteiger partial charge >= 0.3 is 0 Å². The first-order valence-corrected chi connectivity index (χ1v) is 10.5. The zero-order valence-corrected chi connectivity index (χ0v) is 14.6. The van der Waals surface area contributed by atoms with Crippen LogP contribution in [0.3, 0.4) is 0 Å². The highest BCUT2D eigenvalue weighted by Gasteiger charge is 2.37. The summed E-state index contributed by atoms with van der Waals surface area (Å²) in [7, 11) is -6.87. The molecule has 1 aromatic heterocycles. The molecule has 1 aliphatic rings. The number of nitrogens with zero attached hydrogens (tertiary/aromatic N) is 3. The Labute approximate surface area is 131 Å². The second kappa shape index (κ2) is 6.26. The summed E-state index contributed by atoms with van der Waals surface area (Å²) in [5.41, 5.74) is 0.500. The molecular formula is C12H22N4O4S2. The standard InChI is InChI=1S/C12H22N4O4S2/c1-4-15(5-2)22(19,20)16-7-6-10(9-16)12-11(8-13-14-12)21(3,17)18/h8,10H,4-7,9H2,1-3H3,(H,13,14)/t10-/m0/s1. The van der Waals surface area contributed by atoms with Crippen molar-refractivity contribution >= 4 is 20.0 Å². The van der Waals surface area contributed by atoms with E-state index in [2.05, 4.69) is 10.2 Å². The Balaban J connectivity index is 2.23. The molecule has 2 heterocycles. The van der Waals surface area contributed by atoms with E-state index in [4.69, 9.17) is 0 Å². The van der Waals surface area contributed by atoms with E-state index in [1.54, 1.807) is 13.8 Å². The molecule has 22 heavy (non-hydrogen) atoms. The van der Waals surface area contributed by atoms with E-state index in [1.807, 2.05) is 0 Å². The van der Waals surface area contributed by atoms with Crippen molar-refractivity contribution in [1.82, 2.24) is 18.8 Å². The molecule has 0 saturated carbocycles. The van der Waals surface area contributed by atoms with E-state index in [0.29, 0.717) is 31.7 Å². The molecule has 0 bridgehead atoms. The Bertz CT molecular complexity index is 722. The molecule has 0 amide bonds. The molecule has 1 aliphatic heterocycles. The van der Waals surface area contributed by atoms with Gasteiger partial charge in [0, 0.05) is 38.4 Å². The molecule has 1 fully saturated rings. The summed E-state index contributed by atoms with van der Waals surface area (Å²) in [4.78, 5) is 0.152. The third kappa shape index (κ3) is 3.19. The molecule has 1 N–H and O–H groups in total. The van der Waals surface area contributed by atoms with Crippen molar-refractivity contribution < 1.29 is 16.8 Å². The maximum absolute atomic E-state index is 12.5. The topological polar surface area (TPSA) is 103 Å². The fraction of sp³-hybridized carbons (Fsp3) is 0.750. The lowest BCUT2D eigenvalue weighted by atomic mass is 10.1. The number of hydrogen-bond donors (Lipinski definition) is 1. The number of aromatic nitrogens is 2. The molecule has 2 rings (SSSR count). The SMILES string of the molecule is CCN(CC)S(=O)(=O)N1CC[C@H](c2[nH]ncc2S(C)(=O)=O)C1. The van der Waals surface area contributed by atoms with Gasteiger partial charge in [0.15, 0.2) is 9.84 Å². The summed E-state index contributed by atoms with van der Waals surface area (Å²) in [6.07, 6.45) is 2.98. The lowest BCUT2D eigenvalue weighted by Gasteiger charge is -2.25. The molecule has 1 aromatic rings. The fourth-order valence-corrected chi connectivity index (χ4v) is 5.30. The molecule has 1 atom stereocenters. The average Bonchev–Trinajstić information content (AvgIpc) is 3.08. The number of H-pyrrole nitrogens is 1. The number of sulfone groups is 1. The van der Waals surface area contributed by atoms with Crippen molar-refractivity contribution in [2.24, 2.45) is 0 Å². The van der Waals surface area contributed by atoms with Crippen LogP contribution in [0, 0.1) is 0 Å². The molecule has 1 saturated heterocycles. The van der Waals surface area contributed by atoms with E-state index in [0.717, 1.165) is 6.26 Å². The van der Waals surface area contributed by atoms with E-state index >= 15 is 0 Å². The van der Waals surface area contributed by atoms with Crippen LogP contribution in [0.15, 0.2) is 11.1 Å². The largest absolute Gasteiger partial charge is 0.281 e. The van der Waals surface area contributed by atoms with Crippen LogP contribution in [0.25, 0.3) is 0 Å². The van der Waals surface area contributed by atoms with Crippen molar-refractivity contribution in [2.45, 2.75) is 31.1 Å². The zero-order chi connectivity index (χ0) is 16.5. The van der Waals surface area contributed by atoms with Crippen LogP contribution in [0.5, 0.6) is 0 Å². The highest BCUT2D eigenvalue weighted by atomic mass is 32.2. The lowest BCUT2D eigenvalue weighted by Crippen LogP contribution is -2.42. The van der Waals surface area contributed by atoms with Crippen LogP contribution in [0.1, 0.15) is 31.9 Å². The minimum absolute atomic E-state index is 0.152. The van der Waals surface area contributed by atoms with Gasteiger partial charge in [-0.25, -0.2) is 8.42 Å². The molecule has 0 radical (unpaired) electrons. The van der Waals surface area contributed by atoms with Gasteiger partial charge in [-0.1, -0.05) is 13.8 Å². The summed E-state index contributed by atoms with van der Waals surface area (Å²) < 4.78 is 51.3. The van der Waals surface area contributed by atoms with Gasteiger partial charge < -0.3 is 0 Å². The van der Waals surface area contributed by atoms with E-state index in [9.17, 15) is 16.8 Å². The van der Waals surface area contributed by atoms with Gasteiger partial charge in [-0.05, 0) is 6.42 Å². The Hall–Kier alpha value is -0.970. The van der Waals surface area contributed by atoms with E-state index in [1.165, 1.54) is 14.8 Å². The maximum atomic E-state index is 12.5. The first kappa shape index (κ1) is 17.4. The third-order valence-corrected chi connectivity index (χ3v) is 7.23.